The first-order valence-corrected chi connectivity index (χ1v) is 7.43. The molecule has 0 aliphatic heterocycles. The summed E-state index contributed by atoms with van der Waals surface area (Å²) in [5.74, 6) is 6.09. The Balaban J connectivity index is 1.35. The molecule has 4 bridgehead atoms. The predicted octanol–water partition coefficient (Wildman–Crippen LogP) is 1.97. The fraction of sp³-hybridized carbons (Fsp3) is 0.857. The van der Waals surface area contributed by atoms with Crippen LogP contribution in [0.4, 0.5) is 0 Å². The van der Waals surface area contributed by atoms with E-state index in [2.05, 4.69) is 20.5 Å². The largest absolute Gasteiger partial charge is 0.310 e. The summed E-state index contributed by atoms with van der Waals surface area (Å²) in [5.41, 5.74) is 0. The standard InChI is InChI=1S/C14H22N4/c1-9-2-11-4-10(1)5-12(3-9)13(11)6-15-7-14-16-8-17-18-14/h8-13,15H,1-7H2,(H,16,17,18). The normalized spacial score (nSPS) is 41.4. The number of rotatable bonds is 4. The molecule has 0 atom stereocenters. The number of H-pyrrole nitrogens is 1. The predicted molar refractivity (Wildman–Crippen MR) is 68.6 cm³/mol. The molecule has 18 heavy (non-hydrogen) atoms. The van der Waals surface area contributed by atoms with E-state index in [1.807, 2.05) is 0 Å². The summed E-state index contributed by atoms with van der Waals surface area (Å²) in [6.07, 6.45) is 9.19. The molecule has 4 aliphatic rings. The van der Waals surface area contributed by atoms with Crippen LogP contribution < -0.4 is 5.32 Å². The first kappa shape index (κ1) is 11.0. The first-order chi connectivity index (χ1) is 8.88. The molecule has 1 heterocycles. The highest BCUT2D eigenvalue weighted by atomic mass is 15.2. The van der Waals surface area contributed by atoms with Crippen LogP contribution in [0.3, 0.4) is 0 Å². The van der Waals surface area contributed by atoms with E-state index >= 15 is 0 Å². The molecule has 1 aromatic rings. The van der Waals surface area contributed by atoms with Crippen molar-refractivity contribution < 1.29 is 0 Å². The van der Waals surface area contributed by atoms with Gasteiger partial charge >= 0.3 is 0 Å². The molecule has 4 fully saturated rings. The van der Waals surface area contributed by atoms with Crippen LogP contribution in [0.25, 0.3) is 0 Å². The third-order valence-electron chi connectivity index (χ3n) is 5.56. The molecule has 0 unspecified atom stereocenters. The maximum absolute atomic E-state index is 4.16. The second-order valence-electron chi connectivity index (χ2n) is 6.66. The molecule has 0 radical (unpaired) electrons. The van der Waals surface area contributed by atoms with Gasteiger partial charge in [0.25, 0.3) is 0 Å². The smallest absolute Gasteiger partial charge is 0.138 e. The quantitative estimate of drug-likeness (QED) is 0.854. The van der Waals surface area contributed by atoms with Crippen molar-refractivity contribution in [1.82, 2.24) is 20.5 Å². The zero-order valence-corrected chi connectivity index (χ0v) is 10.8. The van der Waals surface area contributed by atoms with Gasteiger partial charge in [0.2, 0.25) is 0 Å². The molecule has 98 valence electrons. The van der Waals surface area contributed by atoms with Crippen LogP contribution in [-0.4, -0.2) is 21.7 Å². The number of hydrogen-bond donors (Lipinski definition) is 2. The van der Waals surface area contributed by atoms with E-state index in [0.29, 0.717) is 0 Å². The van der Waals surface area contributed by atoms with Gasteiger partial charge in [-0.3, -0.25) is 5.10 Å². The van der Waals surface area contributed by atoms with Crippen LogP contribution >= 0.6 is 0 Å². The average molecular weight is 246 g/mol. The molecular formula is C14H22N4. The van der Waals surface area contributed by atoms with E-state index in [-0.39, 0.29) is 0 Å². The van der Waals surface area contributed by atoms with Gasteiger partial charge in [0.05, 0.1) is 6.54 Å². The van der Waals surface area contributed by atoms with Gasteiger partial charge in [0, 0.05) is 0 Å². The summed E-state index contributed by atoms with van der Waals surface area (Å²) in [6.45, 7) is 2.01. The number of aromatic nitrogens is 3. The fourth-order valence-corrected chi connectivity index (χ4v) is 5.04. The van der Waals surface area contributed by atoms with Gasteiger partial charge in [-0.05, 0) is 68.2 Å². The topological polar surface area (TPSA) is 53.6 Å². The molecule has 4 heteroatoms. The van der Waals surface area contributed by atoms with Crippen LogP contribution in [0.2, 0.25) is 0 Å². The maximum atomic E-state index is 4.16. The molecule has 0 aromatic carbocycles. The Hall–Kier alpha value is -0.900. The monoisotopic (exact) mass is 246 g/mol. The SMILES string of the molecule is c1n[nH]c(CNCC2C3CC4CC(C3)CC2C4)n1. The third kappa shape index (κ3) is 1.87. The molecule has 0 spiro atoms. The Labute approximate surface area is 108 Å². The third-order valence-corrected chi connectivity index (χ3v) is 5.56. The van der Waals surface area contributed by atoms with Gasteiger partial charge in [-0.1, -0.05) is 0 Å². The minimum atomic E-state index is 0.836. The van der Waals surface area contributed by atoms with E-state index in [1.165, 1.54) is 32.2 Å². The van der Waals surface area contributed by atoms with Gasteiger partial charge in [-0.15, -0.1) is 0 Å². The average Bonchev–Trinajstić information content (AvgIpc) is 2.85. The molecular weight excluding hydrogens is 224 g/mol. The second-order valence-corrected chi connectivity index (χ2v) is 6.66. The van der Waals surface area contributed by atoms with Crippen molar-refractivity contribution in [2.24, 2.45) is 29.6 Å². The highest BCUT2D eigenvalue weighted by Gasteiger charge is 2.47. The van der Waals surface area contributed by atoms with Crippen molar-refractivity contribution in [2.75, 3.05) is 6.54 Å². The summed E-state index contributed by atoms with van der Waals surface area (Å²) in [7, 11) is 0. The van der Waals surface area contributed by atoms with Crippen molar-refractivity contribution in [3.05, 3.63) is 12.2 Å². The van der Waals surface area contributed by atoms with E-state index < -0.39 is 0 Å². The summed E-state index contributed by atoms with van der Waals surface area (Å²) >= 11 is 0. The Kier molecular flexibility index (Phi) is 2.64. The molecule has 0 amide bonds. The van der Waals surface area contributed by atoms with Crippen molar-refractivity contribution in [1.29, 1.82) is 0 Å². The lowest BCUT2D eigenvalue weighted by Crippen LogP contribution is -2.48. The maximum Gasteiger partial charge on any atom is 0.138 e. The Morgan fingerprint density at radius 2 is 1.83 bits per heavy atom. The number of aromatic amines is 1. The van der Waals surface area contributed by atoms with Crippen molar-refractivity contribution in [3.8, 4) is 0 Å². The fourth-order valence-electron chi connectivity index (χ4n) is 5.04. The molecule has 4 aliphatic carbocycles. The highest BCUT2D eigenvalue weighted by Crippen LogP contribution is 2.56. The lowest BCUT2D eigenvalue weighted by Gasteiger charge is -2.54. The van der Waals surface area contributed by atoms with E-state index in [9.17, 15) is 0 Å². The van der Waals surface area contributed by atoms with Crippen LogP contribution in [0.1, 0.15) is 37.9 Å². The summed E-state index contributed by atoms with van der Waals surface area (Å²) in [4.78, 5) is 4.16. The lowest BCUT2D eigenvalue weighted by atomic mass is 9.52. The van der Waals surface area contributed by atoms with Crippen molar-refractivity contribution in [2.45, 2.75) is 38.6 Å². The number of hydrogen-bond acceptors (Lipinski definition) is 3. The second kappa shape index (κ2) is 4.34. The minimum Gasteiger partial charge on any atom is -0.310 e. The number of nitrogens with one attached hydrogen (secondary N) is 2. The molecule has 5 rings (SSSR count). The van der Waals surface area contributed by atoms with Gasteiger partial charge in [0.15, 0.2) is 0 Å². The van der Waals surface area contributed by atoms with Crippen LogP contribution in [0.5, 0.6) is 0 Å². The molecule has 0 saturated heterocycles. The van der Waals surface area contributed by atoms with Gasteiger partial charge in [0.1, 0.15) is 12.2 Å². The van der Waals surface area contributed by atoms with Gasteiger partial charge < -0.3 is 5.32 Å². The van der Waals surface area contributed by atoms with E-state index in [0.717, 1.165) is 42.0 Å². The molecule has 2 N–H and O–H groups in total. The summed E-state index contributed by atoms with van der Waals surface area (Å²) in [6, 6.07) is 0. The van der Waals surface area contributed by atoms with Crippen molar-refractivity contribution in [3.63, 3.8) is 0 Å². The highest BCUT2D eigenvalue weighted by molar-refractivity contribution is 4.98. The Bertz CT molecular complexity index is 372. The van der Waals surface area contributed by atoms with Crippen LogP contribution in [-0.2, 0) is 6.54 Å². The van der Waals surface area contributed by atoms with Crippen molar-refractivity contribution >= 4 is 0 Å². The summed E-state index contributed by atoms with van der Waals surface area (Å²) < 4.78 is 0. The van der Waals surface area contributed by atoms with Gasteiger partial charge in [-0.25, -0.2) is 4.98 Å². The zero-order valence-electron chi connectivity index (χ0n) is 10.8. The van der Waals surface area contributed by atoms with Gasteiger partial charge in [-0.2, -0.15) is 5.10 Å². The summed E-state index contributed by atoms with van der Waals surface area (Å²) in [5, 5.41) is 10.4. The Morgan fingerprint density at radius 1 is 1.11 bits per heavy atom. The Morgan fingerprint density at radius 3 is 2.44 bits per heavy atom. The van der Waals surface area contributed by atoms with Crippen LogP contribution in [0.15, 0.2) is 6.33 Å². The van der Waals surface area contributed by atoms with E-state index in [1.54, 1.807) is 12.7 Å². The molecule has 4 saturated carbocycles. The minimum absolute atomic E-state index is 0.836. The first-order valence-electron chi connectivity index (χ1n) is 7.43. The number of nitrogens with zero attached hydrogens (tertiary/aromatic N) is 2. The zero-order chi connectivity index (χ0) is 11.9. The molecule has 1 aromatic heterocycles. The lowest BCUT2D eigenvalue weighted by molar-refractivity contribution is -0.0356. The molecule has 4 nitrogen and oxygen atoms in total. The van der Waals surface area contributed by atoms with Crippen LogP contribution in [0, 0.1) is 29.6 Å². The van der Waals surface area contributed by atoms with E-state index in [4.69, 9.17) is 0 Å².